The first-order valence-corrected chi connectivity index (χ1v) is 12.0. The van der Waals surface area contributed by atoms with E-state index in [0.717, 1.165) is 17.0 Å². The molecule has 8 nitrogen and oxygen atoms in total. The van der Waals surface area contributed by atoms with Crippen LogP contribution in [0.15, 0.2) is 53.7 Å². The highest BCUT2D eigenvalue weighted by Gasteiger charge is 2.23. The Balaban J connectivity index is 1.24. The second-order valence-corrected chi connectivity index (χ2v) is 9.13. The van der Waals surface area contributed by atoms with Crippen molar-refractivity contribution in [3.8, 4) is 11.4 Å². The van der Waals surface area contributed by atoms with Crippen LogP contribution in [0.3, 0.4) is 0 Å². The van der Waals surface area contributed by atoms with E-state index in [0.29, 0.717) is 37.0 Å². The van der Waals surface area contributed by atoms with Crippen LogP contribution in [-0.4, -0.2) is 74.9 Å². The Hall–Kier alpha value is -3.24. The number of aromatic nitrogens is 3. The first-order chi connectivity index (χ1) is 16.4. The Labute approximate surface area is 202 Å². The van der Waals surface area contributed by atoms with Gasteiger partial charge in [0.15, 0.2) is 11.0 Å². The Bertz CT molecular complexity index is 1180. The second kappa shape index (κ2) is 10.8. The van der Waals surface area contributed by atoms with E-state index in [4.69, 9.17) is 0 Å². The maximum atomic E-state index is 13.3. The lowest BCUT2D eigenvalue weighted by Gasteiger charge is -2.34. The molecule has 2 amide bonds. The summed E-state index contributed by atoms with van der Waals surface area (Å²) in [6, 6.07) is 13.8. The van der Waals surface area contributed by atoms with Crippen molar-refractivity contribution in [2.45, 2.75) is 12.1 Å². The third-order valence-corrected chi connectivity index (χ3v) is 6.75. The van der Waals surface area contributed by atoms with Crippen molar-refractivity contribution in [1.82, 2.24) is 24.6 Å². The summed E-state index contributed by atoms with van der Waals surface area (Å²) in [5, 5.41) is 12.0. The summed E-state index contributed by atoms with van der Waals surface area (Å²) in [4.78, 5) is 28.8. The van der Waals surface area contributed by atoms with Gasteiger partial charge in [0.1, 0.15) is 5.82 Å². The molecular weight excluding hydrogens is 455 g/mol. The molecule has 1 aromatic heterocycles. The van der Waals surface area contributed by atoms with Gasteiger partial charge in [-0.1, -0.05) is 42.1 Å². The van der Waals surface area contributed by atoms with Crippen LogP contribution in [0.2, 0.25) is 0 Å². The molecule has 0 spiro atoms. The average Bonchev–Trinajstić information content (AvgIpc) is 3.18. The van der Waals surface area contributed by atoms with Crippen LogP contribution in [0.5, 0.6) is 0 Å². The molecule has 3 aromatic rings. The van der Waals surface area contributed by atoms with Gasteiger partial charge in [-0.2, -0.15) is 0 Å². The summed E-state index contributed by atoms with van der Waals surface area (Å²) >= 11 is 1.37. The zero-order valence-corrected chi connectivity index (χ0v) is 20.0. The van der Waals surface area contributed by atoms with Gasteiger partial charge in [0.25, 0.3) is 0 Å². The highest BCUT2D eigenvalue weighted by molar-refractivity contribution is 7.99. The Morgan fingerprint density at radius 1 is 1.06 bits per heavy atom. The van der Waals surface area contributed by atoms with E-state index in [-0.39, 0.29) is 24.1 Å². The van der Waals surface area contributed by atoms with Crippen molar-refractivity contribution in [2.24, 2.45) is 7.05 Å². The van der Waals surface area contributed by atoms with Crippen molar-refractivity contribution in [3.05, 3.63) is 59.9 Å². The molecule has 0 aliphatic carbocycles. The van der Waals surface area contributed by atoms with Gasteiger partial charge in [-0.3, -0.25) is 14.5 Å². The summed E-state index contributed by atoms with van der Waals surface area (Å²) in [7, 11) is 1.90. The van der Waals surface area contributed by atoms with Crippen LogP contribution in [0.4, 0.5) is 10.1 Å². The summed E-state index contributed by atoms with van der Waals surface area (Å²) in [6.07, 6.45) is 0. The predicted molar refractivity (Wildman–Crippen MR) is 130 cm³/mol. The Morgan fingerprint density at radius 2 is 1.82 bits per heavy atom. The zero-order chi connectivity index (χ0) is 24.1. The van der Waals surface area contributed by atoms with Gasteiger partial charge in [0.2, 0.25) is 11.8 Å². The molecule has 0 bridgehead atoms. The number of hydrogen-bond donors (Lipinski definition) is 1. The van der Waals surface area contributed by atoms with Crippen molar-refractivity contribution < 1.29 is 14.0 Å². The number of thioether (sulfide) groups is 1. The average molecular weight is 483 g/mol. The van der Waals surface area contributed by atoms with Crippen molar-refractivity contribution >= 4 is 29.3 Å². The standard InChI is InChI=1S/C24H27FN6O2S/c1-17-6-3-4-9-20(17)23-27-28-24(29(23)2)34-16-22(33)31-12-10-30(11-13-31)15-21(32)26-19-8-5-7-18(25)14-19/h3-9,14H,10-13,15-16H2,1-2H3,(H,26,32). The third-order valence-electron chi connectivity index (χ3n) is 5.75. The molecule has 1 saturated heterocycles. The summed E-state index contributed by atoms with van der Waals surface area (Å²) in [6.45, 7) is 4.56. The quantitative estimate of drug-likeness (QED) is 0.522. The molecule has 34 heavy (non-hydrogen) atoms. The molecule has 4 rings (SSSR count). The van der Waals surface area contributed by atoms with E-state index < -0.39 is 5.82 Å². The van der Waals surface area contributed by atoms with Gasteiger partial charge < -0.3 is 14.8 Å². The number of rotatable bonds is 7. The number of benzene rings is 2. The van der Waals surface area contributed by atoms with Crippen LogP contribution in [-0.2, 0) is 16.6 Å². The molecule has 0 saturated carbocycles. The number of carbonyl (C=O) groups is 2. The smallest absolute Gasteiger partial charge is 0.238 e. The molecule has 1 fully saturated rings. The van der Waals surface area contributed by atoms with Crippen LogP contribution >= 0.6 is 11.8 Å². The topological polar surface area (TPSA) is 83.4 Å². The minimum Gasteiger partial charge on any atom is -0.339 e. The molecule has 2 aromatic carbocycles. The van der Waals surface area contributed by atoms with Crippen LogP contribution in [0, 0.1) is 12.7 Å². The SMILES string of the molecule is Cc1ccccc1-c1nnc(SCC(=O)N2CCN(CC(=O)Nc3cccc(F)c3)CC2)n1C. The fraction of sp³-hybridized carbons (Fsp3) is 0.333. The van der Waals surface area contributed by atoms with Gasteiger partial charge in [0.05, 0.1) is 12.3 Å². The number of carbonyl (C=O) groups excluding carboxylic acids is 2. The lowest BCUT2D eigenvalue weighted by atomic mass is 10.1. The first-order valence-electron chi connectivity index (χ1n) is 11.0. The first kappa shape index (κ1) is 23.9. The molecule has 0 unspecified atom stereocenters. The largest absolute Gasteiger partial charge is 0.339 e. The maximum Gasteiger partial charge on any atom is 0.238 e. The normalized spacial score (nSPS) is 14.3. The Kier molecular flexibility index (Phi) is 7.59. The highest BCUT2D eigenvalue weighted by Crippen LogP contribution is 2.25. The van der Waals surface area contributed by atoms with E-state index >= 15 is 0 Å². The van der Waals surface area contributed by atoms with Crippen LogP contribution in [0.1, 0.15) is 5.56 Å². The lowest BCUT2D eigenvalue weighted by Crippen LogP contribution is -2.50. The zero-order valence-electron chi connectivity index (χ0n) is 19.2. The van der Waals surface area contributed by atoms with Gasteiger partial charge in [0, 0.05) is 44.5 Å². The molecule has 1 aliphatic heterocycles. The second-order valence-electron chi connectivity index (χ2n) is 8.18. The summed E-state index contributed by atoms with van der Waals surface area (Å²) in [5.74, 6) is 0.496. The number of aryl methyl sites for hydroxylation is 1. The molecule has 0 atom stereocenters. The molecule has 1 aliphatic rings. The number of piperazine rings is 1. The molecule has 1 N–H and O–H groups in total. The van der Waals surface area contributed by atoms with Crippen LogP contribution < -0.4 is 5.32 Å². The minimum atomic E-state index is -0.393. The van der Waals surface area contributed by atoms with Crippen molar-refractivity contribution in [1.29, 1.82) is 0 Å². The van der Waals surface area contributed by atoms with E-state index in [2.05, 4.69) is 15.5 Å². The molecular formula is C24H27FN6O2S. The highest BCUT2D eigenvalue weighted by atomic mass is 32.2. The van der Waals surface area contributed by atoms with Gasteiger partial charge in [-0.05, 0) is 30.7 Å². The monoisotopic (exact) mass is 482 g/mol. The number of amides is 2. The number of anilines is 1. The Morgan fingerprint density at radius 3 is 2.56 bits per heavy atom. The van der Waals surface area contributed by atoms with Gasteiger partial charge in [-0.25, -0.2) is 4.39 Å². The third kappa shape index (κ3) is 5.81. The minimum absolute atomic E-state index is 0.0364. The number of nitrogens with zero attached hydrogens (tertiary/aromatic N) is 5. The molecule has 178 valence electrons. The predicted octanol–water partition coefficient (Wildman–Crippen LogP) is 2.80. The molecule has 10 heteroatoms. The fourth-order valence-electron chi connectivity index (χ4n) is 3.84. The van der Waals surface area contributed by atoms with E-state index in [1.165, 1.54) is 23.9 Å². The number of nitrogens with one attached hydrogen (secondary N) is 1. The van der Waals surface area contributed by atoms with Crippen LogP contribution in [0.25, 0.3) is 11.4 Å². The number of hydrogen-bond acceptors (Lipinski definition) is 6. The van der Waals surface area contributed by atoms with Gasteiger partial charge >= 0.3 is 0 Å². The number of halogens is 1. The summed E-state index contributed by atoms with van der Waals surface area (Å²) in [5.41, 5.74) is 2.58. The van der Waals surface area contributed by atoms with Gasteiger partial charge in [-0.15, -0.1) is 10.2 Å². The van der Waals surface area contributed by atoms with E-state index in [1.54, 1.807) is 12.1 Å². The van der Waals surface area contributed by atoms with E-state index in [1.807, 2.05) is 52.6 Å². The van der Waals surface area contributed by atoms with Crippen molar-refractivity contribution in [2.75, 3.05) is 43.8 Å². The molecule has 0 radical (unpaired) electrons. The lowest BCUT2D eigenvalue weighted by molar-refractivity contribution is -0.130. The molecule has 2 heterocycles. The maximum absolute atomic E-state index is 13.3. The summed E-state index contributed by atoms with van der Waals surface area (Å²) < 4.78 is 15.2. The van der Waals surface area contributed by atoms with Crippen molar-refractivity contribution in [3.63, 3.8) is 0 Å². The van der Waals surface area contributed by atoms with E-state index in [9.17, 15) is 14.0 Å². The fourth-order valence-corrected chi connectivity index (χ4v) is 4.66.